The van der Waals surface area contributed by atoms with E-state index < -0.39 is 0 Å². The molecule has 2 saturated heterocycles. The largest absolute Gasteiger partial charge is 0.354 e. The molecule has 2 aliphatic rings. The molecule has 2 aliphatic heterocycles. The van der Waals surface area contributed by atoms with Gasteiger partial charge in [-0.3, -0.25) is 9.69 Å². The number of aryl methyl sites for hydroxylation is 2. The van der Waals surface area contributed by atoms with Gasteiger partial charge in [-0.15, -0.1) is 0 Å². The molecule has 192 valence electrons. The Labute approximate surface area is 218 Å². The number of carbonyl (C=O) groups is 1. The molecule has 1 amide bonds. The van der Waals surface area contributed by atoms with E-state index >= 15 is 0 Å². The molecular weight excluding hydrogens is 468 g/mol. The van der Waals surface area contributed by atoms with Gasteiger partial charge >= 0.3 is 0 Å². The van der Waals surface area contributed by atoms with E-state index in [0.717, 1.165) is 80.2 Å². The van der Waals surface area contributed by atoms with Crippen molar-refractivity contribution in [3.8, 4) is 0 Å². The predicted molar refractivity (Wildman–Crippen MR) is 148 cm³/mol. The number of piperidine rings is 1. The summed E-state index contributed by atoms with van der Waals surface area (Å²) in [5.41, 5.74) is 4.44. The van der Waals surface area contributed by atoms with E-state index in [-0.39, 0.29) is 5.91 Å². The van der Waals surface area contributed by atoms with Crippen LogP contribution in [0.4, 0.5) is 5.82 Å². The highest BCUT2D eigenvalue weighted by Gasteiger charge is 2.24. The van der Waals surface area contributed by atoms with Crippen LogP contribution in [-0.2, 0) is 11.3 Å². The van der Waals surface area contributed by atoms with Crippen LogP contribution in [0.5, 0.6) is 0 Å². The van der Waals surface area contributed by atoms with E-state index in [1.807, 2.05) is 29.2 Å². The first-order chi connectivity index (χ1) is 17.5. The molecule has 0 N–H and O–H groups in total. The number of anilines is 1. The lowest BCUT2D eigenvalue weighted by atomic mass is 9.99. The maximum Gasteiger partial charge on any atom is 0.233 e. The molecule has 0 saturated carbocycles. The fraction of sp³-hybridized carbons (Fsp3) is 0.536. The van der Waals surface area contributed by atoms with Gasteiger partial charge in [0, 0.05) is 63.7 Å². The third kappa shape index (κ3) is 5.70. The molecule has 4 heterocycles. The molecule has 8 heteroatoms. The summed E-state index contributed by atoms with van der Waals surface area (Å²) in [6.45, 7) is 14.1. The number of hydrogen-bond acceptors (Lipinski definition) is 6. The first-order valence-electron chi connectivity index (χ1n) is 13.3. The zero-order valence-corrected chi connectivity index (χ0v) is 22.6. The van der Waals surface area contributed by atoms with Crippen LogP contribution >= 0.6 is 11.8 Å². The average molecular weight is 507 g/mol. The molecule has 0 unspecified atom stereocenters. The maximum absolute atomic E-state index is 13.1. The fourth-order valence-corrected chi connectivity index (χ4v) is 6.14. The van der Waals surface area contributed by atoms with Gasteiger partial charge in [-0.1, -0.05) is 30.8 Å². The van der Waals surface area contributed by atoms with Gasteiger partial charge in [0.2, 0.25) is 5.91 Å². The number of amides is 1. The molecule has 0 radical (unpaired) electrons. The number of fused-ring (bicyclic) bond motifs is 1. The van der Waals surface area contributed by atoms with Gasteiger partial charge < -0.3 is 14.4 Å². The van der Waals surface area contributed by atoms with Crippen LogP contribution in [0.1, 0.15) is 31.2 Å². The lowest BCUT2D eigenvalue weighted by molar-refractivity contribution is -0.130. The first-order valence-corrected chi connectivity index (χ1v) is 14.2. The molecule has 0 spiro atoms. The van der Waals surface area contributed by atoms with Crippen molar-refractivity contribution < 1.29 is 4.79 Å². The third-order valence-electron chi connectivity index (χ3n) is 7.72. The zero-order chi connectivity index (χ0) is 25.1. The van der Waals surface area contributed by atoms with Crippen LogP contribution in [0.25, 0.3) is 11.0 Å². The Balaban J connectivity index is 1.18. The van der Waals surface area contributed by atoms with E-state index in [1.165, 1.54) is 24.2 Å². The molecular formula is C28H38N6OS. The smallest absolute Gasteiger partial charge is 0.233 e. The zero-order valence-electron chi connectivity index (χ0n) is 21.8. The Kier molecular flexibility index (Phi) is 7.82. The standard InChI is InChI=1S/C28H38N6OS/c1-21-10-12-33(13-11-21)27-28(30-25-7-5-4-6-24(25)29-27)36-20-26(35)32-17-14-31(15-18-32)16-19-34-22(2)8-9-23(34)3/h4-9,21H,10-20H2,1-3H3. The molecule has 0 aliphatic carbocycles. The SMILES string of the molecule is Cc1ccc(C)n1CCN1CCN(C(=O)CSc2nc3ccccc3nc2N2CCC(C)CC2)CC1. The fourth-order valence-electron chi connectivity index (χ4n) is 5.23. The number of nitrogens with zero attached hydrogens (tertiary/aromatic N) is 6. The summed E-state index contributed by atoms with van der Waals surface area (Å²) in [5.74, 6) is 2.30. The normalized spacial score (nSPS) is 17.8. The van der Waals surface area contributed by atoms with Gasteiger partial charge in [0.1, 0.15) is 5.03 Å². The highest BCUT2D eigenvalue weighted by atomic mass is 32.2. The minimum absolute atomic E-state index is 0.199. The lowest BCUT2D eigenvalue weighted by Gasteiger charge is -2.35. The van der Waals surface area contributed by atoms with Crippen molar-refractivity contribution >= 4 is 34.5 Å². The lowest BCUT2D eigenvalue weighted by Crippen LogP contribution is -2.49. The number of rotatable bonds is 7. The topological polar surface area (TPSA) is 57.5 Å². The molecule has 1 aromatic carbocycles. The summed E-state index contributed by atoms with van der Waals surface area (Å²) in [6, 6.07) is 12.4. The van der Waals surface area contributed by atoms with Crippen LogP contribution in [0.3, 0.4) is 0 Å². The molecule has 7 nitrogen and oxygen atoms in total. The summed E-state index contributed by atoms with van der Waals surface area (Å²) in [7, 11) is 0. The van der Waals surface area contributed by atoms with E-state index in [1.54, 1.807) is 11.8 Å². The number of benzene rings is 1. The van der Waals surface area contributed by atoms with Crippen LogP contribution in [0, 0.1) is 19.8 Å². The van der Waals surface area contributed by atoms with Gasteiger partial charge in [0.15, 0.2) is 5.82 Å². The summed E-state index contributed by atoms with van der Waals surface area (Å²) >= 11 is 1.55. The summed E-state index contributed by atoms with van der Waals surface area (Å²) in [6.07, 6.45) is 2.34. The second kappa shape index (κ2) is 11.2. The quantitative estimate of drug-likeness (QED) is 0.447. The second-order valence-electron chi connectivity index (χ2n) is 10.3. The Hall–Kier alpha value is -2.58. The average Bonchev–Trinajstić information content (AvgIpc) is 3.23. The maximum atomic E-state index is 13.1. The van der Waals surface area contributed by atoms with Gasteiger partial charge in [0.05, 0.1) is 16.8 Å². The van der Waals surface area contributed by atoms with Crippen molar-refractivity contribution in [2.45, 2.75) is 45.2 Å². The van der Waals surface area contributed by atoms with E-state index in [9.17, 15) is 4.79 Å². The first kappa shape index (κ1) is 25.1. The highest BCUT2D eigenvalue weighted by molar-refractivity contribution is 8.00. The molecule has 0 atom stereocenters. The van der Waals surface area contributed by atoms with Crippen molar-refractivity contribution in [2.24, 2.45) is 5.92 Å². The van der Waals surface area contributed by atoms with E-state index in [4.69, 9.17) is 9.97 Å². The number of thioether (sulfide) groups is 1. The monoisotopic (exact) mass is 506 g/mol. The van der Waals surface area contributed by atoms with Gasteiger partial charge in [-0.05, 0) is 56.9 Å². The summed E-state index contributed by atoms with van der Waals surface area (Å²) < 4.78 is 2.37. The van der Waals surface area contributed by atoms with Gasteiger partial charge in [-0.25, -0.2) is 9.97 Å². The number of piperazine rings is 1. The predicted octanol–water partition coefficient (Wildman–Crippen LogP) is 4.22. The van der Waals surface area contributed by atoms with Crippen molar-refractivity contribution in [1.82, 2.24) is 24.3 Å². The van der Waals surface area contributed by atoms with Gasteiger partial charge in [-0.2, -0.15) is 0 Å². The molecule has 3 aromatic rings. The van der Waals surface area contributed by atoms with Crippen LogP contribution in [0.2, 0.25) is 0 Å². The summed E-state index contributed by atoms with van der Waals surface area (Å²) in [5, 5.41) is 0.882. The van der Waals surface area contributed by atoms with Crippen LogP contribution in [0.15, 0.2) is 41.4 Å². The van der Waals surface area contributed by atoms with Gasteiger partial charge in [0.25, 0.3) is 0 Å². The minimum atomic E-state index is 0.199. The Morgan fingerprint density at radius 3 is 2.19 bits per heavy atom. The highest BCUT2D eigenvalue weighted by Crippen LogP contribution is 2.32. The Morgan fingerprint density at radius 2 is 1.53 bits per heavy atom. The summed E-state index contributed by atoms with van der Waals surface area (Å²) in [4.78, 5) is 29.9. The number of hydrogen-bond donors (Lipinski definition) is 0. The molecule has 2 aromatic heterocycles. The second-order valence-corrected chi connectivity index (χ2v) is 11.3. The Bertz CT molecular complexity index is 1170. The molecule has 5 rings (SSSR count). The van der Waals surface area contributed by atoms with Crippen molar-refractivity contribution in [2.75, 3.05) is 56.5 Å². The van der Waals surface area contributed by atoms with Crippen molar-refractivity contribution in [3.63, 3.8) is 0 Å². The van der Waals surface area contributed by atoms with E-state index in [0.29, 0.717) is 5.75 Å². The number of aromatic nitrogens is 3. The third-order valence-corrected chi connectivity index (χ3v) is 8.66. The number of carbonyl (C=O) groups excluding carboxylic acids is 1. The molecule has 36 heavy (non-hydrogen) atoms. The molecule has 0 bridgehead atoms. The van der Waals surface area contributed by atoms with Crippen molar-refractivity contribution in [3.05, 3.63) is 47.8 Å². The van der Waals surface area contributed by atoms with Crippen molar-refractivity contribution in [1.29, 1.82) is 0 Å². The van der Waals surface area contributed by atoms with E-state index in [2.05, 4.69) is 47.3 Å². The Morgan fingerprint density at radius 1 is 0.889 bits per heavy atom. The minimum Gasteiger partial charge on any atom is -0.354 e. The van der Waals surface area contributed by atoms with Crippen LogP contribution in [-0.4, -0.2) is 81.8 Å². The number of para-hydroxylation sites is 2. The molecule has 2 fully saturated rings. The van der Waals surface area contributed by atoms with Crippen LogP contribution < -0.4 is 4.90 Å².